The number of rotatable bonds is 6. The number of carbonyl (C=O) groups is 1. The van der Waals surface area contributed by atoms with Crippen LogP contribution < -0.4 is 10.4 Å². The maximum atomic E-state index is 13.5. The topological polar surface area (TPSA) is 69.4 Å². The second-order valence-corrected chi connectivity index (χ2v) is 8.19. The van der Waals surface area contributed by atoms with Gasteiger partial charge in [-0.05, 0) is 43.2 Å². The number of ether oxygens (including phenoxy) is 1. The Morgan fingerprint density at radius 2 is 1.85 bits per heavy atom. The van der Waals surface area contributed by atoms with Gasteiger partial charge in [-0.1, -0.05) is 42.5 Å². The summed E-state index contributed by atoms with van der Waals surface area (Å²) in [6.45, 7) is 3.91. The van der Waals surface area contributed by atoms with E-state index in [0.717, 1.165) is 11.1 Å². The Kier molecular flexibility index (Phi) is 5.69. The van der Waals surface area contributed by atoms with Gasteiger partial charge in [0.15, 0.2) is 5.65 Å². The summed E-state index contributed by atoms with van der Waals surface area (Å²) in [6.07, 6.45) is 2.41. The van der Waals surface area contributed by atoms with Crippen LogP contribution in [0.15, 0.2) is 77.7 Å². The van der Waals surface area contributed by atoms with Gasteiger partial charge < -0.3 is 9.64 Å². The molecule has 4 aromatic rings. The Labute approximate surface area is 191 Å². The summed E-state index contributed by atoms with van der Waals surface area (Å²) in [5, 5.41) is 0. The van der Waals surface area contributed by atoms with E-state index in [1.165, 1.54) is 0 Å². The van der Waals surface area contributed by atoms with Crippen molar-refractivity contribution in [2.75, 3.05) is 19.7 Å². The predicted octanol–water partition coefficient (Wildman–Crippen LogP) is 3.73. The fraction of sp³-hybridized carbons (Fsp3) is 0.269. The molecule has 1 aliphatic heterocycles. The first-order valence-electron chi connectivity index (χ1n) is 11.3. The Balaban J connectivity index is 1.46. The highest BCUT2D eigenvalue weighted by Crippen LogP contribution is 2.28. The molecule has 0 radical (unpaired) electrons. The van der Waals surface area contributed by atoms with Gasteiger partial charge in [-0.3, -0.25) is 13.9 Å². The summed E-state index contributed by atoms with van der Waals surface area (Å²) >= 11 is 0. The molecule has 168 valence electrons. The second kappa shape index (κ2) is 8.94. The highest BCUT2D eigenvalue weighted by Gasteiger charge is 2.32. The number of para-hydroxylation sites is 1. The van der Waals surface area contributed by atoms with Crippen LogP contribution in [0.25, 0.3) is 11.2 Å². The van der Waals surface area contributed by atoms with E-state index in [-0.39, 0.29) is 17.6 Å². The van der Waals surface area contributed by atoms with Crippen LogP contribution in [0, 0.1) is 0 Å². The third-order valence-corrected chi connectivity index (χ3v) is 6.14. The predicted molar refractivity (Wildman–Crippen MR) is 127 cm³/mol. The lowest BCUT2D eigenvalue weighted by atomic mass is 10.2. The minimum atomic E-state index is -0.130. The van der Waals surface area contributed by atoms with Crippen LogP contribution in [0.4, 0.5) is 0 Å². The molecule has 1 aliphatic rings. The zero-order valence-electron chi connectivity index (χ0n) is 18.6. The molecule has 0 N–H and O–H groups in total. The van der Waals surface area contributed by atoms with Gasteiger partial charge in [0.1, 0.15) is 5.75 Å². The molecule has 7 nitrogen and oxygen atoms in total. The molecule has 0 bridgehead atoms. The molecule has 1 atom stereocenters. The number of hydrogen-bond acceptors (Lipinski definition) is 4. The number of likely N-dealkylation sites (tertiary alicyclic amines) is 1. The molecule has 33 heavy (non-hydrogen) atoms. The highest BCUT2D eigenvalue weighted by atomic mass is 16.5. The number of nitrogens with zero attached hydrogens (tertiary/aromatic N) is 4. The average Bonchev–Trinajstić information content (AvgIpc) is 3.43. The van der Waals surface area contributed by atoms with Crippen LogP contribution >= 0.6 is 0 Å². The average molecular weight is 443 g/mol. The number of hydrogen-bond donors (Lipinski definition) is 0. The van der Waals surface area contributed by atoms with Gasteiger partial charge in [0.25, 0.3) is 5.91 Å². The summed E-state index contributed by atoms with van der Waals surface area (Å²) in [4.78, 5) is 33.1. The molecule has 2 aromatic carbocycles. The largest absolute Gasteiger partial charge is 0.493 e. The SMILES string of the molecule is CCOc1ccccc1C(=O)N1CC[C@@H](n2c(=O)n(Cc3ccccc3)c3cccnc32)C1. The minimum Gasteiger partial charge on any atom is -0.493 e. The summed E-state index contributed by atoms with van der Waals surface area (Å²) in [6, 6.07) is 20.9. The number of carbonyl (C=O) groups excluding carboxylic acids is 1. The number of benzene rings is 2. The van der Waals surface area contributed by atoms with E-state index in [1.807, 2.05) is 67.6 Å². The number of pyridine rings is 1. The first-order valence-corrected chi connectivity index (χ1v) is 11.3. The van der Waals surface area contributed by atoms with Crippen molar-refractivity contribution in [3.63, 3.8) is 0 Å². The van der Waals surface area contributed by atoms with Crippen LogP contribution in [-0.2, 0) is 6.54 Å². The van der Waals surface area contributed by atoms with Crippen LogP contribution in [0.1, 0.15) is 35.3 Å². The van der Waals surface area contributed by atoms with Gasteiger partial charge in [0, 0.05) is 19.3 Å². The second-order valence-electron chi connectivity index (χ2n) is 8.19. The normalized spacial score (nSPS) is 15.8. The molecule has 1 fully saturated rings. The van der Waals surface area contributed by atoms with Gasteiger partial charge in [0.05, 0.1) is 30.3 Å². The van der Waals surface area contributed by atoms with Crippen molar-refractivity contribution >= 4 is 17.1 Å². The molecule has 0 spiro atoms. The Morgan fingerprint density at radius 1 is 1.06 bits per heavy atom. The fourth-order valence-corrected chi connectivity index (χ4v) is 4.59. The number of imidazole rings is 1. The van der Waals surface area contributed by atoms with Crippen molar-refractivity contribution in [2.45, 2.75) is 25.9 Å². The van der Waals surface area contributed by atoms with Gasteiger partial charge >= 0.3 is 5.69 Å². The van der Waals surface area contributed by atoms with Crippen LogP contribution in [0.2, 0.25) is 0 Å². The van der Waals surface area contributed by atoms with E-state index in [0.29, 0.717) is 49.6 Å². The van der Waals surface area contributed by atoms with Gasteiger partial charge in [-0.2, -0.15) is 0 Å². The third kappa shape index (κ3) is 3.91. The number of amides is 1. The highest BCUT2D eigenvalue weighted by molar-refractivity contribution is 5.97. The Bertz CT molecular complexity index is 1340. The lowest BCUT2D eigenvalue weighted by Crippen LogP contribution is -2.32. The quantitative estimate of drug-likeness (QED) is 0.456. The molecular formula is C26H26N4O3. The fourth-order valence-electron chi connectivity index (χ4n) is 4.59. The molecule has 1 amide bonds. The molecule has 0 aliphatic carbocycles. The molecule has 5 rings (SSSR count). The van der Waals surface area contributed by atoms with Crippen molar-refractivity contribution in [3.8, 4) is 5.75 Å². The van der Waals surface area contributed by atoms with E-state index >= 15 is 0 Å². The first kappa shape index (κ1) is 21.0. The van der Waals surface area contributed by atoms with Gasteiger partial charge in [0.2, 0.25) is 0 Å². The van der Waals surface area contributed by atoms with E-state index in [1.54, 1.807) is 26.3 Å². The molecule has 7 heteroatoms. The molecule has 3 heterocycles. The monoisotopic (exact) mass is 442 g/mol. The standard InChI is InChI=1S/C26H26N4O3/c1-2-33-23-13-7-6-11-21(23)25(31)28-16-14-20(18-28)30-24-22(12-8-15-27-24)29(26(30)32)17-19-9-4-3-5-10-19/h3-13,15,20H,2,14,16-18H2,1H3/t20-/m1/s1. The van der Waals surface area contributed by atoms with Crippen LogP contribution in [0.5, 0.6) is 5.75 Å². The van der Waals surface area contributed by atoms with Crippen molar-refractivity contribution in [1.29, 1.82) is 0 Å². The van der Waals surface area contributed by atoms with Gasteiger partial charge in [-0.25, -0.2) is 9.78 Å². The minimum absolute atomic E-state index is 0.0735. The number of fused-ring (bicyclic) bond motifs is 1. The zero-order valence-corrected chi connectivity index (χ0v) is 18.6. The summed E-state index contributed by atoms with van der Waals surface area (Å²) in [5.41, 5.74) is 2.97. The van der Waals surface area contributed by atoms with E-state index in [4.69, 9.17) is 4.74 Å². The number of aromatic nitrogens is 3. The molecule has 0 unspecified atom stereocenters. The Hall–Kier alpha value is -3.87. The summed E-state index contributed by atoms with van der Waals surface area (Å²) in [5.74, 6) is 0.516. The van der Waals surface area contributed by atoms with Crippen LogP contribution in [0.3, 0.4) is 0 Å². The Morgan fingerprint density at radius 3 is 2.67 bits per heavy atom. The first-order chi connectivity index (χ1) is 16.2. The zero-order chi connectivity index (χ0) is 22.8. The molecule has 0 saturated carbocycles. The summed E-state index contributed by atoms with van der Waals surface area (Å²) < 4.78 is 9.18. The van der Waals surface area contributed by atoms with Crippen molar-refractivity contribution in [2.24, 2.45) is 0 Å². The van der Waals surface area contributed by atoms with Gasteiger partial charge in [-0.15, -0.1) is 0 Å². The van der Waals surface area contributed by atoms with Crippen molar-refractivity contribution in [1.82, 2.24) is 19.0 Å². The van der Waals surface area contributed by atoms with E-state index in [2.05, 4.69) is 4.98 Å². The van der Waals surface area contributed by atoms with E-state index < -0.39 is 0 Å². The van der Waals surface area contributed by atoms with Crippen molar-refractivity contribution in [3.05, 3.63) is 94.5 Å². The molecule has 2 aromatic heterocycles. The lowest BCUT2D eigenvalue weighted by Gasteiger charge is -2.19. The molecule has 1 saturated heterocycles. The van der Waals surface area contributed by atoms with Crippen molar-refractivity contribution < 1.29 is 9.53 Å². The molecular weight excluding hydrogens is 416 g/mol. The smallest absolute Gasteiger partial charge is 0.330 e. The van der Waals surface area contributed by atoms with Crippen LogP contribution in [-0.4, -0.2) is 44.6 Å². The van der Waals surface area contributed by atoms with E-state index in [9.17, 15) is 9.59 Å². The third-order valence-electron chi connectivity index (χ3n) is 6.14. The summed E-state index contributed by atoms with van der Waals surface area (Å²) in [7, 11) is 0. The maximum Gasteiger partial charge on any atom is 0.330 e. The lowest BCUT2D eigenvalue weighted by molar-refractivity contribution is 0.0783. The maximum absolute atomic E-state index is 13.5.